The molecule has 2 fully saturated rings. The van der Waals surface area contributed by atoms with Gasteiger partial charge < -0.3 is 4.74 Å². The summed E-state index contributed by atoms with van der Waals surface area (Å²) in [7, 11) is 0. The van der Waals surface area contributed by atoms with Crippen LogP contribution in [0.25, 0.3) is 0 Å². The van der Waals surface area contributed by atoms with Gasteiger partial charge in [0.2, 0.25) is 5.91 Å². The van der Waals surface area contributed by atoms with Crippen molar-refractivity contribution in [3.05, 3.63) is 70.9 Å². The Morgan fingerprint density at radius 3 is 2.79 bits per heavy atom. The summed E-state index contributed by atoms with van der Waals surface area (Å²) in [6.45, 7) is 6.24. The standard InChI is InChI=1S/C22H24N2O3S/c1-2-9-23-12-19(17-8-10-28-15-17)20(13-23)21(25)24-18(14-27-22(24)26)11-16-6-4-3-5-7-16/h2-8,10,15,18-20H,1,9,11-14H2/t18-,19-,20-/m0/s1. The largest absolute Gasteiger partial charge is 0.447 e. The minimum Gasteiger partial charge on any atom is -0.447 e. The Balaban J connectivity index is 1.56. The van der Waals surface area contributed by atoms with Gasteiger partial charge in [-0.15, -0.1) is 6.58 Å². The van der Waals surface area contributed by atoms with Gasteiger partial charge in [0.25, 0.3) is 0 Å². The van der Waals surface area contributed by atoms with E-state index in [-0.39, 0.29) is 30.4 Å². The van der Waals surface area contributed by atoms with Gasteiger partial charge >= 0.3 is 6.09 Å². The molecule has 0 aliphatic carbocycles. The van der Waals surface area contributed by atoms with E-state index in [4.69, 9.17) is 4.74 Å². The summed E-state index contributed by atoms with van der Waals surface area (Å²) in [5.74, 6) is -0.283. The lowest BCUT2D eigenvalue weighted by atomic mass is 9.89. The second kappa shape index (κ2) is 8.29. The average Bonchev–Trinajstić information content (AvgIpc) is 3.43. The molecule has 0 bridgehead atoms. The number of nitrogens with zero attached hydrogens (tertiary/aromatic N) is 2. The number of ether oxygens (including phenoxy) is 1. The number of rotatable bonds is 6. The summed E-state index contributed by atoms with van der Waals surface area (Å²) in [6, 6.07) is 11.8. The summed E-state index contributed by atoms with van der Waals surface area (Å²) >= 11 is 1.63. The molecule has 0 unspecified atom stereocenters. The van der Waals surface area contributed by atoms with Gasteiger partial charge in [0.15, 0.2) is 0 Å². The number of hydrogen-bond acceptors (Lipinski definition) is 5. The van der Waals surface area contributed by atoms with Crippen LogP contribution in [-0.2, 0) is 16.0 Å². The molecule has 3 atom stereocenters. The number of carbonyl (C=O) groups excluding carboxylic acids is 2. The monoisotopic (exact) mass is 396 g/mol. The molecule has 1 aromatic heterocycles. The molecule has 0 N–H and O–H groups in total. The van der Waals surface area contributed by atoms with Gasteiger partial charge in [0.1, 0.15) is 6.61 Å². The highest BCUT2D eigenvalue weighted by Gasteiger charge is 2.46. The minimum absolute atomic E-state index is 0.0875. The van der Waals surface area contributed by atoms with Crippen molar-refractivity contribution in [3.63, 3.8) is 0 Å². The van der Waals surface area contributed by atoms with Crippen LogP contribution in [0, 0.1) is 5.92 Å². The average molecular weight is 397 g/mol. The molecule has 0 saturated carbocycles. The molecular formula is C22H24N2O3S. The van der Waals surface area contributed by atoms with Crippen LogP contribution in [-0.4, -0.2) is 54.1 Å². The summed E-state index contributed by atoms with van der Waals surface area (Å²) in [6.07, 6.45) is 1.96. The lowest BCUT2D eigenvalue weighted by Crippen LogP contribution is -2.45. The fourth-order valence-electron chi connectivity index (χ4n) is 4.24. The SMILES string of the molecule is C=CCN1C[C@H](C(=O)N2C(=O)OC[C@@H]2Cc2ccccc2)[C@H](c2ccsc2)C1. The van der Waals surface area contributed by atoms with Crippen molar-refractivity contribution in [3.8, 4) is 0 Å². The van der Waals surface area contributed by atoms with Crippen LogP contribution in [0.4, 0.5) is 4.79 Å². The van der Waals surface area contributed by atoms with Gasteiger partial charge in [-0.1, -0.05) is 36.4 Å². The fourth-order valence-corrected chi connectivity index (χ4v) is 4.96. The summed E-state index contributed by atoms with van der Waals surface area (Å²) in [4.78, 5) is 29.5. The van der Waals surface area contributed by atoms with Crippen LogP contribution in [0.2, 0.25) is 0 Å². The molecule has 2 saturated heterocycles. The first kappa shape index (κ1) is 18.9. The first-order valence-electron chi connectivity index (χ1n) is 9.56. The zero-order valence-corrected chi connectivity index (χ0v) is 16.5. The maximum Gasteiger partial charge on any atom is 0.416 e. The number of carbonyl (C=O) groups is 2. The molecule has 2 aromatic rings. The third-order valence-corrected chi connectivity index (χ3v) is 6.29. The first-order chi connectivity index (χ1) is 13.7. The molecule has 0 spiro atoms. The second-order valence-corrected chi connectivity index (χ2v) is 8.19. The third-order valence-electron chi connectivity index (χ3n) is 5.58. The quantitative estimate of drug-likeness (QED) is 0.701. The highest BCUT2D eigenvalue weighted by molar-refractivity contribution is 7.08. The number of amides is 2. The van der Waals surface area contributed by atoms with Crippen molar-refractivity contribution in [2.45, 2.75) is 18.4 Å². The van der Waals surface area contributed by atoms with Crippen LogP contribution in [0.1, 0.15) is 17.0 Å². The number of likely N-dealkylation sites (tertiary alicyclic amines) is 1. The molecule has 3 heterocycles. The Hall–Kier alpha value is -2.44. The van der Waals surface area contributed by atoms with Gasteiger partial charge in [-0.05, 0) is 34.4 Å². The van der Waals surface area contributed by atoms with Crippen molar-refractivity contribution in [2.75, 3.05) is 26.2 Å². The molecule has 1 aromatic carbocycles. The predicted molar refractivity (Wildman–Crippen MR) is 109 cm³/mol. The van der Waals surface area contributed by atoms with E-state index in [9.17, 15) is 9.59 Å². The van der Waals surface area contributed by atoms with Crippen molar-refractivity contribution in [1.82, 2.24) is 9.80 Å². The minimum atomic E-state index is -0.517. The Bertz CT molecular complexity index is 837. The highest BCUT2D eigenvalue weighted by Crippen LogP contribution is 2.36. The Morgan fingerprint density at radius 2 is 2.07 bits per heavy atom. The summed E-state index contributed by atoms with van der Waals surface area (Å²) in [5, 5.41) is 4.14. The molecule has 6 heteroatoms. The smallest absolute Gasteiger partial charge is 0.416 e. The van der Waals surface area contributed by atoms with Crippen LogP contribution < -0.4 is 0 Å². The topological polar surface area (TPSA) is 49.9 Å². The summed E-state index contributed by atoms with van der Waals surface area (Å²) in [5.41, 5.74) is 2.26. The van der Waals surface area contributed by atoms with Crippen molar-refractivity contribution in [2.24, 2.45) is 5.92 Å². The van der Waals surface area contributed by atoms with Crippen molar-refractivity contribution < 1.29 is 14.3 Å². The van der Waals surface area contributed by atoms with E-state index in [2.05, 4.69) is 22.9 Å². The lowest BCUT2D eigenvalue weighted by molar-refractivity contribution is -0.133. The highest BCUT2D eigenvalue weighted by atomic mass is 32.1. The van der Waals surface area contributed by atoms with Crippen molar-refractivity contribution >= 4 is 23.3 Å². The van der Waals surface area contributed by atoms with Gasteiger partial charge in [-0.3, -0.25) is 9.69 Å². The van der Waals surface area contributed by atoms with E-state index in [0.29, 0.717) is 13.0 Å². The maximum atomic E-state index is 13.5. The van der Waals surface area contributed by atoms with Crippen LogP contribution in [0.15, 0.2) is 59.8 Å². The fraction of sp³-hybridized carbons (Fsp3) is 0.364. The van der Waals surface area contributed by atoms with Gasteiger partial charge in [-0.25, -0.2) is 9.69 Å². The predicted octanol–water partition coefficient (Wildman–Crippen LogP) is 3.54. The van der Waals surface area contributed by atoms with Gasteiger partial charge in [0.05, 0.1) is 12.0 Å². The van der Waals surface area contributed by atoms with Crippen LogP contribution in [0.5, 0.6) is 0 Å². The zero-order valence-electron chi connectivity index (χ0n) is 15.7. The molecular weight excluding hydrogens is 372 g/mol. The Labute approximate surface area is 169 Å². The van der Waals surface area contributed by atoms with E-state index in [1.165, 1.54) is 10.5 Å². The molecule has 146 valence electrons. The maximum absolute atomic E-state index is 13.5. The van der Waals surface area contributed by atoms with Crippen molar-refractivity contribution in [1.29, 1.82) is 0 Å². The summed E-state index contributed by atoms with van der Waals surface area (Å²) < 4.78 is 5.27. The van der Waals surface area contributed by atoms with Crippen LogP contribution in [0.3, 0.4) is 0 Å². The van der Waals surface area contributed by atoms with Crippen LogP contribution >= 0.6 is 11.3 Å². The molecule has 28 heavy (non-hydrogen) atoms. The lowest BCUT2D eigenvalue weighted by Gasteiger charge is -2.25. The normalized spacial score (nSPS) is 25.1. The molecule has 2 aliphatic rings. The Kier molecular flexibility index (Phi) is 5.59. The number of benzene rings is 1. The first-order valence-corrected chi connectivity index (χ1v) is 10.5. The second-order valence-electron chi connectivity index (χ2n) is 7.41. The van der Waals surface area contributed by atoms with E-state index in [1.807, 2.05) is 41.8 Å². The third kappa shape index (κ3) is 3.75. The zero-order chi connectivity index (χ0) is 19.5. The number of thiophene rings is 1. The Morgan fingerprint density at radius 1 is 1.25 bits per heavy atom. The van der Waals surface area contributed by atoms with E-state index >= 15 is 0 Å². The number of imide groups is 1. The number of cyclic esters (lactones) is 1. The molecule has 2 amide bonds. The number of hydrogen-bond donors (Lipinski definition) is 0. The molecule has 5 nitrogen and oxygen atoms in total. The van der Waals surface area contributed by atoms with E-state index < -0.39 is 6.09 Å². The van der Waals surface area contributed by atoms with E-state index in [1.54, 1.807) is 11.3 Å². The van der Waals surface area contributed by atoms with E-state index in [0.717, 1.165) is 18.7 Å². The molecule has 4 rings (SSSR count). The van der Waals surface area contributed by atoms with Gasteiger partial charge in [-0.2, -0.15) is 11.3 Å². The molecule has 2 aliphatic heterocycles. The van der Waals surface area contributed by atoms with Gasteiger partial charge in [0, 0.05) is 25.6 Å². The molecule has 0 radical (unpaired) electrons.